The fraction of sp³-hybridized carbons (Fsp3) is 0.643. The SMILES string of the molecule is CCCC1O[C@@H]2C[C@H]3[C@@H]4C[C@H](F)C5=CC(=O)C=C[C@]5(C)[C@@]4(F)[C@@H](O)C[C@]3(C)[C@]2(C(=O)COc2ccc(NC(=O)[C@H](C)NC(=O)[C@@H](NC(=O)[C@@H](CCCCNC(=O)COC3CCCCCC4=C3NNN4[C@H]3O[C@H](CO)[C@@](C)(C4O[C@H](CO)[C@@H](O)[C@H](O)[C@H]4O)[C@H](O)[C@H]3O)NC(=O)CCOCCOCCOCCOCCNC(=O)CCC(=O)N3Cc4ccccc4C#Cc4ccccc43)C(C)C)cc2)O1. The summed E-state index contributed by atoms with van der Waals surface area (Å²) in [5.74, 6) is -0.352. The number of ether oxygens (including phenoxy) is 10. The molecule has 137 heavy (non-hydrogen) atoms. The zero-order valence-corrected chi connectivity index (χ0v) is 78.6. The molecule has 3 saturated carbocycles. The lowest BCUT2D eigenvalue weighted by molar-refractivity contribution is -0.335. The van der Waals surface area contributed by atoms with E-state index in [-0.39, 0.29) is 146 Å². The van der Waals surface area contributed by atoms with E-state index in [4.69, 9.17) is 47.4 Å². The van der Waals surface area contributed by atoms with Gasteiger partial charge in [0.25, 0.3) is 0 Å². The molecule has 7 amide bonds. The number of amides is 7. The van der Waals surface area contributed by atoms with E-state index in [0.717, 1.165) is 29.2 Å². The number of hydrogen-bond acceptors (Lipinski definition) is 30. The van der Waals surface area contributed by atoms with Crippen LogP contribution < -0.4 is 52.5 Å². The van der Waals surface area contributed by atoms with E-state index in [0.29, 0.717) is 68.6 Å². The van der Waals surface area contributed by atoms with Crippen molar-refractivity contribution < 1.29 is 140 Å². The van der Waals surface area contributed by atoms with E-state index in [9.17, 15) is 84.0 Å². The molecule has 10 aliphatic rings. The lowest BCUT2D eigenvalue weighted by Crippen LogP contribution is -2.74. The number of aliphatic hydroxyl groups excluding tert-OH is 8. The van der Waals surface area contributed by atoms with Gasteiger partial charge in [-0.2, -0.15) is 0 Å². The van der Waals surface area contributed by atoms with E-state index in [1.807, 2.05) is 55.5 Å². The predicted octanol–water partition coefficient (Wildman–Crippen LogP) is 2.67. The number of carbonyl (C=O) groups is 9. The second-order valence-corrected chi connectivity index (χ2v) is 38.0. The van der Waals surface area contributed by atoms with Crippen LogP contribution in [0.4, 0.5) is 20.2 Å². The van der Waals surface area contributed by atoms with Crippen molar-refractivity contribution in [3.05, 3.63) is 125 Å². The Bertz CT molecular complexity index is 4900. The Balaban J connectivity index is 0.564. The third-order valence-electron chi connectivity index (χ3n) is 28.8. The molecule has 3 unspecified atom stereocenters. The number of rotatable bonds is 44. The van der Waals surface area contributed by atoms with Crippen molar-refractivity contribution in [1.29, 1.82) is 0 Å². The van der Waals surface area contributed by atoms with Crippen LogP contribution in [-0.2, 0) is 92.3 Å². The summed E-state index contributed by atoms with van der Waals surface area (Å²) in [5.41, 5.74) is 1.78. The standard InChI is InChI=1S/C98H134F2N10O27/c1-8-18-81-135-75-49-64-65-48-67(99)66-47-62(113)34-36-94(66,5)97(65,100)73(114)50-95(64,6)98(75,137-81)74(115)54-132-63-30-28-61(29-31-63)104-90(125)57(4)103-92(127)82(56(2)3)106-91(126)68(105-78(117)35-39-128-41-43-130-45-46-131-44-42-129-40-38-102-77(116)32-33-80(119)109-51-60-21-13-12-19-58(60)26-27-59-20-14-15-23-69(59)109)22-16-17-37-101-79(118)55-133-71-25-11-9-10-24-70-83(71)107-108-110(70)93-87(123)88(124)96(7,76(53-112)136-93)89-86(122)85(121)84(120)72(52-111)134-89/h12-15,19-21,23,28-31,34,36,47,56-57,64-65,67-68,71-73,75-76,81-82,84-89,93,107-108,111-112,114,120-124H,8-11,16-18,22,24-25,32-33,35,37-46,48-55H2,1-7H3,(H,101,118)(H,102,116)(H,103,127)(H,104,125)(H,105,117)(H,106,126)/t57-,64-,65-,67-,68+,71?,72+,73-,75+,76+,81?,82-,84+,85-,86+,87+,88+,89?,93-,94-,95-,96+,97-,98+/m0/s1. The summed E-state index contributed by atoms with van der Waals surface area (Å²) in [7, 11) is 0. The quantitative estimate of drug-likeness (QED) is 0.0286. The van der Waals surface area contributed by atoms with E-state index in [1.165, 1.54) is 62.2 Å². The molecule has 24 atom stereocenters. The van der Waals surface area contributed by atoms with Gasteiger partial charge in [0, 0.05) is 65.9 Å². The molecular weight excluding hydrogens is 1790 g/mol. The van der Waals surface area contributed by atoms with Gasteiger partial charge in [-0.1, -0.05) is 102 Å². The Kier molecular flexibility index (Phi) is 35.8. The Morgan fingerprint density at radius 3 is 2.09 bits per heavy atom. The first-order chi connectivity index (χ1) is 65.6. The average molecular weight is 1920 g/mol. The molecule has 0 spiro atoms. The van der Waals surface area contributed by atoms with Gasteiger partial charge in [0.15, 0.2) is 29.6 Å². The maximum Gasteiger partial charge on any atom is 0.246 e. The molecule has 3 saturated heterocycles. The third kappa shape index (κ3) is 23.0. The zero-order valence-electron chi connectivity index (χ0n) is 78.6. The number of benzene rings is 3. The Morgan fingerprint density at radius 1 is 0.686 bits per heavy atom. The molecule has 0 radical (unpaired) electrons. The first kappa shape index (κ1) is 105. The maximum atomic E-state index is 18.1. The Hall–Kier alpha value is -9.39. The molecule has 39 heteroatoms. The predicted molar refractivity (Wildman–Crippen MR) is 488 cm³/mol. The van der Waals surface area contributed by atoms with Crippen LogP contribution >= 0.6 is 0 Å². The number of alkyl halides is 2. The molecule has 6 fully saturated rings. The van der Waals surface area contributed by atoms with Crippen molar-refractivity contribution in [1.82, 2.24) is 42.6 Å². The van der Waals surface area contributed by atoms with Crippen molar-refractivity contribution in [2.45, 2.75) is 273 Å². The van der Waals surface area contributed by atoms with Gasteiger partial charge in [-0.15, -0.1) is 5.53 Å². The van der Waals surface area contributed by atoms with E-state index < -0.39 is 217 Å². The first-order valence-electron chi connectivity index (χ1n) is 47.8. The summed E-state index contributed by atoms with van der Waals surface area (Å²) in [4.78, 5) is 125. The van der Waals surface area contributed by atoms with E-state index in [1.54, 1.807) is 25.7 Å². The number of allylic oxidation sites excluding steroid dienone is 5. The Labute approximate surface area is 795 Å². The highest BCUT2D eigenvalue weighted by molar-refractivity contribution is 6.02. The minimum absolute atomic E-state index is 0.00158. The number of nitrogens with one attached hydrogen (secondary N) is 8. The number of fused-ring (bicyclic) bond motifs is 9. The smallest absolute Gasteiger partial charge is 0.246 e. The van der Waals surface area contributed by atoms with Crippen molar-refractivity contribution >= 4 is 64.3 Å². The van der Waals surface area contributed by atoms with Gasteiger partial charge in [-0.05, 0) is 156 Å². The lowest BCUT2D eigenvalue weighted by Gasteiger charge is -2.63. The minimum atomic E-state index is -2.40. The van der Waals surface area contributed by atoms with Gasteiger partial charge in [0.2, 0.25) is 47.1 Å². The average Bonchev–Trinajstić information content (AvgIpc) is 1.52. The molecule has 16 N–H and O–H groups in total. The zero-order chi connectivity index (χ0) is 98.3. The number of halogens is 2. The highest BCUT2D eigenvalue weighted by Crippen LogP contribution is 2.72. The number of carbonyl (C=O) groups excluding carboxylic acids is 9. The molecule has 0 aromatic heterocycles. The van der Waals surface area contributed by atoms with Gasteiger partial charge in [0.05, 0.1) is 126 Å². The van der Waals surface area contributed by atoms with Crippen molar-refractivity contribution in [2.24, 2.45) is 34.0 Å². The normalized spacial score (nSPS) is 31.4. The first-order valence-corrected chi connectivity index (χ1v) is 47.8. The number of hydrogen-bond donors (Lipinski definition) is 16. The van der Waals surface area contributed by atoms with Gasteiger partial charge in [0.1, 0.15) is 79.9 Å². The molecule has 5 aliphatic carbocycles. The van der Waals surface area contributed by atoms with Gasteiger partial charge in [-0.25, -0.2) is 8.78 Å². The van der Waals surface area contributed by atoms with Crippen LogP contribution in [0.2, 0.25) is 0 Å². The monoisotopic (exact) mass is 1920 g/mol. The topological polar surface area (TPSA) is 510 Å². The lowest BCUT2D eigenvalue weighted by atomic mass is 9.44. The van der Waals surface area contributed by atoms with Crippen molar-refractivity contribution in [3.8, 4) is 17.6 Å². The highest BCUT2D eigenvalue weighted by Gasteiger charge is 2.80. The number of para-hydroxylation sites is 1. The van der Waals surface area contributed by atoms with Crippen LogP contribution in [0.3, 0.4) is 0 Å². The molecular formula is C98H134F2N10O27. The number of unbranched alkanes of at least 4 members (excludes halogenated alkanes) is 1. The summed E-state index contributed by atoms with van der Waals surface area (Å²) >= 11 is 0. The second kappa shape index (κ2) is 46.8. The van der Waals surface area contributed by atoms with Crippen LogP contribution in [0.5, 0.6) is 5.75 Å². The number of aliphatic hydroxyl groups is 8. The van der Waals surface area contributed by atoms with Gasteiger partial charge < -0.3 is 130 Å². The molecule has 37 nitrogen and oxygen atoms in total. The molecule has 5 heterocycles. The number of ketones is 2. The molecule has 3 aromatic carbocycles. The van der Waals surface area contributed by atoms with E-state index >= 15 is 8.78 Å². The van der Waals surface area contributed by atoms with Gasteiger partial charge >= 0.3 is 0 Å². The number of hydrazine groups is 2. The number of Topliss-reactive ketones (excluding diaryl/α,β-unsaturated/α-hetero) is 1. The summed E-state index contributed by atoms with van der Waals surface area (Å²) < 4.78 is 94.7. The maximum absolute atomic E-state index is 18.1. The fourth-order valence-electron chi connectivity index (χ4n) is 21.3. The number of anilines is 2. The fourth-order valence-corrected chi connectivity index (χ4v) is 21.3. The van der Waals surface area contributed by atoms with Gasteiger partial charge in [-0.3, -0.25) is 48.2 Å². The Morgan fingerprint density at radius 2 is 1.38 bits per heavy atom. The molecule has 5 aliphatic heterocycles. The molecule has 13 rings (SSSR count). The highest BCUT2D eigenvalue weighted by atomic mass is 19.1. The molecule has 752 valence electrons. The molecule has 3 aromatic rings. The van der Waals surface area contributed by atoms with Crippen LogP contribution in [0, 0.1) is 45.8 Å². The molecule has 0 bridgehead atoms. The summed E-state index contributed by atoms with van der Waals surface area (Å²) in [6, 6.07) is 17.5. The second-order valence-electron chi connectivity index (χ2n) is 38.0. The van der Waals surface area contributed by atoms with Crippen molar-refractivity contribution in [2.75, 3.05) is 103 Å². The third-order valence-corrected chi connectivity index (χ3v) is 28.8. The van der Waals surface area contributed by atoms with Crippen LogP contribution in [-0.4, -0.2) is 306 Å². The summed E-state index contributed by atoms with van der Waals surface area (Å²) in [6.07, 6.45) is -12.5. The largest absolute Gasteiger partial charge is 0.486 e. The summed E-state index contributed by atoms with van der Waals surface area (Å²) in [5, 5.41) is 107. The van der Waals surface area contributed by atoms with E-state index in [2.05, 4.69) is 54.7 Å². The van der Waals surface area contributed by atoms with Crippen LogP contribution in [0.25, 0.3) is 0 Å². The van der Waals surface area contributed by atoms with Crippen molar-refractivity contribution in [3.63, 3.8) is 0 Å². The van der Waals surface area contributed by atoms with Crippen LogP contribution in [0.15, 0.2) is 108 Å². The van der Waals surface area contributed by atoms with Crippen LogP contribution in [0.1, 0.15) is 168 Å². The minimum Gasteiger partial charge on any atom is -0.486 e. The summed E-state index contributed by atoms with van der Waals surface area (Å²) in [6.45, 7) is 11.0. The number of nitrogens with zero attached hydrogens (tertiary/aromatic N) is 2.